The minimum atomic E-state index is 0. The Bertz CT molecular complexity index is 267. The lowest BCUT2D eigenvalue weighted by Gasteiger charge is -2.01. The summed E-state index contributed by atoms with van der Waals surface area (Å²) in [4.78, 5) is 18.2. The molecule has 5 heteroatoms. The topological polar surface area (TPSA) is 54.9 Å². The van der Waals surface area contributed by atoms with Gasteiger partial charge in [0.15, 0.2) is 6.29 Å². The van der Waals surface area contributed by atoms with Crippen LogP contribution in [-0.4, -0.2) is 22.8 Å². The first-order valence-electron chi connectivity index (χ1n) is 3.89. The highest BCUT2D eigenvalue weighted by Gasteiger charge is 1.95. The van der Waals surface area contributed by atoms with E-state index in [1.165, 1.54) is 0 Å². The molecule has 0 spiro atoms. The highest BCUT2D eigenvalue weighted by Crippen LogP contribution is 1.97. The van der Waals surface area contributed by atoms with Crippen molar-refractivity contribution in [1.29, 1.82) is 0 Å². The minimum Gasteiger partial charge on any atom is -0.354 e. The van der Waals surface area contributed by atoms with E-state index in [1.54, 1.807) is 12.3 Å². The highest BCUT2D eigenvalue weighted by molar-refractivity contribution is 5.85. The summed E-state index contributed by atoms with van der Waals surface area (Å²) in [6.07, 6.45) is 3.28. The molecule has 1 aromatic heterocycles. The van der Waals surface area contributed by atoms with Gasteiger partial charge in [0.25, 0.3) is 0 Å². The first-order chi connectivity index (χ1) is 5.86. The molecule has 1 rings (SSSR count). The van der Waals surface area contributed by atoms with Crippen LogP contribution in [0.1, 0.15) is 23.8 Å². The molecule has 1 aromatic rings. The lowest BCUT2D eigenvalue weighted by molar-refractivity contribution is 0.111. The summed E-state index contributed by atoms with van der Waals surface area (Å²) in [6.45, 7) is 2.87. The molecule has 0 fully saturated rings. The number of carbonyl (C=O) groups is 1. The number of halogens is 1. The molecule has 0 bridgehead atoms. The first kappa shape index (κ1) is 11.8. The lowest BCUT2D eigenvalue weighted by atomic mass is 10.4. The molecule has 0 amide bonds. The van der Waals surface area contributed by atoms with E-state index in [0.717, 1.165) is 13.0 Å². The molecule has 1 N–H and O–H groups in total. The van der Waals surface area contributed by atoms with E-state index in [0.29, 0.717) is 17.9 Å². The average molecular weight is 202 g/mol. The zero-order valence-corrected chi connectivity index (χ0v) is 8.17. The van der Waals surface area contributed by atoms with Gasteiger partial charge in [-0.15, -0.1) is 12.4 Å². The SMILES string of the molecule is CCCNc1nccc(C=O)n1.Cl. The first-order valence-corrected chi connectivity index (χ1v) is 3.89. The predicted molar refractivity (Wildman–Crippen MR) is 53.4 cm³/mol. The Labute approximate surface area is 83.2 Å². The van der Waals surface area contributed by atoms with E-state index in [-0.39, 0.29) is 12.4 Å². The van der Waals surface area contributed by atoms with E-state index in [9.17, 15) is 4.79 Å². The third-order valence-electron chi connectivity index (χ3n) is 1.33. The number of hydrogen-bond donors (Lipinski definition) is 1. The Balaban J connectivity index is 0.00000144. The molecule has 0 atom stereocenters. The minimum absolute atomic E-state index is 0. The molecule has 0 aromatic carbocycles. The standard InChI is InChI=1S/C8H11N3O.ClH/c1-2-4-9-8-10-5-3-7(6-12)11-8;/h3,5-6H,2,4H2,1H3,(H,9,10,11);1H. The van der Waals surface area contributed by atoms with Gasteiger partial charge in [-0.3, -0.25) is 4.79 Å². The van der Waals surface area contributed by atoms with Gasteiger partial charge in [-0.2, -0.15) is 0 Å². The van der Waals surface area contributed by atoms with Crippen LogP contribution in [0.4, 0.5) is 5.95 Å². The number of nitrogens with one attached hydrogen (secondary N) is 1. The molecule has 0 aliphatic carbocycles. The van der Waals surface area contributed by atoms with Gasteiger partial charge in [0.1, 0.15) is 5.69 Å². The Morgan fingerprint density at radius 2 is 2.38 bits per heavy atom. The second kappa shape index (κ2) is 6.37. The number of rotatable bonds is 4. The molecule has 0 radical (unpaired) electrons. The van der Waals surface area contributed by atoms with Crippen molar-refractivity contribution in [3.63, 3.8) is 0 Å². The molecular weight excluding hydrogens is 190 g/mol. The van der Waals surface area contributed by atoms with E-state index in [1.807, 2.05) is 0 Å². The van der Waals surface area contributed by atoms with Gasteiger partial charge < -0.3 is 5.32 Å². The summed E-state index contributed by atoms with van der Waals surface area (Å²) in [5.74, 6) is 0.515. The van der Waals surface area contributed by atoms with Crippen LogP contribution in [0.3, 0.4) is 0 Å². The molecule has 0 saturated carbocycles. The second-order valence-corrected chi connectivity index (χ2v) is 2.35. The number of anilines is 1. The molecule has 0 saturated heterocycles. The molecule has 4 nitrogen and oxygen atoms in total. The van der Waals surface area contributed by atoms with Crippen molar-refractivity contribution in [1.82, 2.24) is 9.97 Å². The Morgan fingerprint density at radius 3 is 3.00 bits per heavy atom. The van der Waals surface area contributed by atoms with Crippen LogP contribution in [0.15, 0.2) is 12.3 Å². The van der Waals surface area contributed by atoms with Crippen molar-refractivity contribution in [2.45, 2.75) is 13.3 Å². The molecular formula is C8H12ClN3O. The van der Waals surface area contributed by atoms with Crippen LogP contribution >= 0.6 is 12.4 Å². The fourth-order valence-electron chi connectivity index (χ4n) is 0.760. The molecule has 13 heavy (non-hydrogen) atoms. The molecule has 0 aliphatic rings. The Morgan fingerprint density at radius 1 is 1.62 bits per heavy atom. The smallest absolute Gasteiger partial charge is 0.223 e. The van der Waals surface area contributed by atoms with Crippen molar-refractivity contribution >= 4 is 24.6 Å². The summed E-state index contributed by atoms with van der Waals surface area (Å²) in [7, 11) is 0. The van der Waals surface area contributed by atoms with E-state index in [2.05, 4.69) is 22.2 Å². The van der Waals surface area contributed by atoms with Gasteiger partial charge in [-0.1, -0.05) is 6.92 Å². The van der Waals surface area contributed by atoms with Crippen molar-refractivity contribution in [3.8, 4) is 0 Å². The summed E-state index contributed by atoms with van der Waals surface area (Å²) >= 11 is 0. The monoisotopic (exact) mass is 201 g/mol. The summed E-state index contributed by atoms with van der Waals surface area (Å²) in [5, 5.41) is 2.99. The van der Waals surface area contributed by atoms with Gasteiger partial charge in [-0.25, -0.2) is 9.97 Å². The van der Waals surface area contributed by atoms with Gasteiger partial charge in [-0.05, 0) is 12.5 Å². The molecule has 1 heterocycles. The van der Waals surface area contributed by atoms with Crippen molar-refractivity contribution in [2.75, 3.05) is 11.9 Å². The van der Waals surface area contributed by atoms with E-state index in [4.69, 9.17) is 0 Å². The molecule has 0 unspecified atom stereocenters. The lowest BCUT2D eigenvalue weighted by Crippen LogP contribution is -2.04. The van der Waals surface area contributed by atoms with Crippen molar-refractivity contribution in [2.24, 2.45) is 0 Å². The predicted octanol–water partition coefficient (Wildman–Crippen LogP) is 1.53. The number of hydrogen-bond acceptors (Lipinski definition) is 4. The Hall–Kier alpha value is -1.16. The fraction of sp³-hybridized carbons (Fsp3) is 0.375. The van der Waals surface area contributed by atoms with Gasteiger partial charge >= 0.3 is 0 Å². The largest absolute Gasteiger partial charge is 0.354 e. The van der Waals surface area contributed by atoms with Crippen LogP contribution < -0.4 is 5.32 Å². The van der Waals surface area contributed by atoms with Crippen LogP contribution in [0.25, 0.3) is 0 Å². The van der Waals surface area contributed by atoms with Crippen LogP contribution in [-0.2, 0) is 0 Å². The fourth-order valence-corrected chi connectivity index (χ4v) is 0.760. The zero-order valence-electron chi connectivity index (χ0n) is 7.36. The van der Waals surface area contributed by atoms with Crippen LogP contribution in [0.2, 0.25) is 0 Å². The number of aldehydes is 1. The third-order valence-corrected chi connectivity index (χ3v) is 1.33. The molecule has 0 aliphatic heterocycles. The highest BCUT2D eigenvalue weighted by atomic mass is 35.5. The quantitative estimate of drug-likeness (QED) is 0.751. The maximum atomic E-state index is 10.3. The summed E-state index contributed by atoms with van der Waals surface area (Å²) in [6, 6.07) is 1.57. The van der Waals surface area contributed by atoms with E-state index >= 15 is 0 Å². The van der Waals surface area contributed by atoms with Crippen LogP contribution in [0.5, 0.6) is 0 Å². The maximum Gasteiger partial charge on any atom is 0.223 e. The number of nitrogens with zero attached hydrogens (tertiary/aromatic N) is 2. The zero-order chi connectivity index (χ0) is 8.81. The Kier molecular flexibility index (Phi) is 5.80. The normalized spacial score (nSPS) is 8.69. The summed E-state index contributed by atoms with van der Waals surface area (Å²) < 4.78 is 0. The third kappa shape index (κ3) is 3.85. The number of carbonyl (C=O) groups excluding carboxylic acids is 1. The average Bonchev–Trinajstić information content (AvgIpc) is 2.15. The van der Waals surface area contributed by atoms with E-state index < -0.39 is 0 Å². The maximum absolute atomic E-state index is 10.3. The van der Waals surface area contributed by atoms with Crippen molar-refractivity contribution in [3.05, 3.63) is 18.0 Å². The summed E-state index contributed by atoms with van der Waals surface area (Å²) in [5.41, 5.74) is 0.406. The van der Waals surface area contributed by atoms with Crippen molar-refractivity contribution < 1.29 is 4.79 Å². The molecule has 72 valence electrons. The van der Waals surface area contributed by atoms with Gasteiger partial charge in [0.2, 0.25) is 5.95 Å². The van der Waals surface area contributed by atoms with Gasteiger partial charge in [0.05, 0.1) is 0 Å². The van der Waals surface area contributed by atoms with Gasteiger partial charge in [0, 0.05) is 12.7 Å². The number of aromatic nitrogens is 2. The second-order valence-electron chi connectivity index (χ2n) is 2.35. The van der Waals surface area contributed by atoms with Crippen LogP contribution in [0, 0.1) is 0 Å².